The van der Waals surface area contributed by atoms with Crippen LogP contribution in [0.1, 0.15) is 10.9 Å². The average Bonchev–Trinajstić information content (AvgIpc) is 2.33. The van der Waals surface area contributed by atoms with Gasteiger partial charge in [-0.2, -0.15) is 0 Å². The normalized spacial score (nSPS) is 33.3. The van der Waals surface area contributed by atoms with Gasteiger partial charge >= 0.3 is 0 Å². The van der Waals surface area contributed by atoms with Gasteiger partial charge in [-0.05, 0) is 6.07 Å². The average molecular weight is 222 g/mol. The summed E-state index contributed by atoms with van der Waals surface area (Å²) in [4.78, 5) is 3.97. The molecule has 0 saturated heterocycles. The second kappa shape index (κ2) is 2.98. The highest BCUT2D eigenvalue weighted by molar-refractivity contribution is 7.87. The van der Waals surface area contributed by atoms with Crippen molar-refractivity contribution in [3.63, 3.8) is 0 Å². The minimum Gasteiger partial charge on any atom is -0.251 e. The van der Waals surface area contributed by atoms with E-state index in [4.69, 9.17) is 23.2 Å². The third-order valence-corrected chi connectivity index (χ3v) is 4.63. The fourth-order valence-electron chi connectivity index (χ4n) is 1.14. The predicted octanol–water partition coefficient (Wildman–Crippen LogP) is 2.05. The molecule has 0 bridgehead atoms. The highest BCUT2D eigenvalue weighted by Crippen LogP contribution is 2.41. The van der Waals surface area contributed by atoms with E-state index in [0.717, 1.165) is 5.56 Å². The standard InChI is InChI=1S/C7H5Cl2NOS/c8-5-4-2-1-3-10-7(4)12(11)6(5)9/h1-3,5-6H/t5-,6+,12?/m0/s1. The van der Waals surface area contributed by atoms with Crippen molar-refractivity contribution in [1.82, 2.24) is 4.98 Å². The Bertz CT molecular complexity index is 344. The van der Waals surface area contributed by atoms with E-state index in [9.17, 15) is 4.21 Å². The lowest BCUT2D eigenvalue weighted by Crippen LogP contribution is -2.03. The molecule has 2 rings (SSSR count). The number of nitrogens with zero attached hydrogens (tertiary/aromatic N) is 1. The summed E-state index contributed by atoms with van der Waals surface area (Å²) in [6.45, 7) is 0. The van der Waals surface area contributed by atoms with E-state index in [-0.39, 0.29) is 5.38 Å². The van der Waals surface area contributed by atoms with Gasteiger partial charge in [0.15, 0.2) is 0 Å². The summed E-state index contributed by atoms with van der Waals surface area (Å²) in [5, 5.41) is 0.147. The van der Waals surface area contributed by atoms with E-state index < -0.39 is 15.5 Å². The third kappa shape index (κ3) is 1.08. The molecule has 0 N–H and O–H groups in total. The summed E-state index contributed by atoms with van der Waals surface area (Å²) in [7, 11) is -1.25. The molecule has 5 heteroatoms. The third-order valence-electron chi connectivity index (χ3n) is 1.72. The summed E-state index contributed by atoms with van der Waals surface area (Å²) in [6, 6.07) is 3.57. The van der Waals surface area contributed by atoms with Crippen LogP contribution in [0.4, 0.5) is 0 Å². The topological polar surface area (TPSA) is 30.0 Å². The molecule has 1 aromatic heterocycles. The molecule has 3 atom stereocenters. The van der Waals surface area contributed by atoms with Gasteiger partial charge in [-0.1, -0.05) is 6.07 Å². The summed E-state index contributed by atoms with van der Waals surface area (Å²) in [5.74, 6) is 0. The van der Waals surface area contributed by atoms with Crippen molar-refractivity contribution in [2.45, 2.75) is 15.1 Å². The van der Waals surface area contributed by atoms with E-state index in [0.29, 0.717) is 5.03 Å². The van der Waals surface area contributed by atoms with Gasteiger partial charge in [0.1, 0.15) is 9.74 Å². The van der Waals surface area contributed by atoms with Crippen molar-refractivity contribution >= 4 is 34.0 Å². The zero-order valence-corrected chi connectivity index (χ0v) is 8.23. The van der Waals surface area contributed by atoms with E-state index in [1.54, 1.807) is 18.3 Å². The monoisotopic (exact) mass is 221 g/mol. The molecule has 0 saturated carbocycles. The summed E-state index contributed by atoms with van der Waals surface area (Å²) < 4.78 is 10.9. The number of fused-ring (bicyclic) bond motifs is 1. The molecule has 0 aliphatic carbocycles. The zero-order valence-electron chi connectivity index (χ0n) is 5.91. The predicted molar refractivity (Wildman–Crippen MR) is 48.9 cm³/mol. The Hall–Kier alpha value is -0.120. The molecule has 1 aliphatic rings. The van der Waals surface area contributed by atoms with Gasteiger partial charge in [0.25, 0.3) is 0 Å². The van der Waals surface area contributed by atoms with Gasteiger partial charge in [-0.25, -0.2) is 4.98 Å². The van der Waals surface area contributed by atoms with Crippen molar-refractivity contribution in [2.75, 3.05) is 0 Å². The minimum atomic E-state index is -1.25. The molecule has 0 fully saturated rings. The molecule has 64 valence electrons. The second-order valence-corrected chi connectivity index (χ2v) is 5.14. The van der Waals surface area contributed by atoms with Crippen molar-refractivity contribution in [1.29, 1.82) is 0 Å². The summed E-state index contributed by atoms with van der Waals surface area (Å²) >= 11 is 11.7. The van der Waals surface area contributed by atoms with E-state index in [1.165, 1.54) is 0 Å². The minimum absolute atomic E-state index is 0.379. The van der Waals surface area contributed by atoms with Crippen LogP contribution in [0.25, 0.3) is 0 Å². The molecule has 0 aromatic carbocycles. The van der Waals surface area contributed by atoms with Gasteiger partial charge in [-0.3, -0.25) is 4.21 Å². The molecule has 1 aliphatic heterocycles. The Morgan fingerprint density at radius 1 is 1.50 bits per heavy atom. The van der Waals surface area contributed by atoms with Gasteiger partial charge in [0, 0.05) is 11.8 Å². The molecule has 0 radical (unpaired) electrons. The molecule has 2 nitrogen and oxygen atoms in total. The Morgan fingerprint density at radius 2 is 2.25 bits per heavy atom. The van der Waals surface area contributed by atoms with E-state index in [2.05, 4.69) is 4.98 Å². The molecule has 0 amide bonds. The highest BCUT2D eigenvalue weighted by Gasteiger charge is 2.37. The molecular weight excluding hydrogens is 217 g/mol. The van der Waals surface area contributed by atoms with Crippen LogP contribution >= 0.6 is 23.2 Å². The van der Waals surface area contributed by atoms with Crippen LogP contribution in [0.2, 0.25) is 0 Å². The first-order valence-electron chi connectivity index (χ1n) is 3.35. The van der Waals surface area contributed by atoms with Crippen molar-refractivity contribution in [3.8, 4) is 0 Å². The number of pyridine rings is 1. The maximum absolute atomic E-state index is 11.4. The number of halogens is 2. The number of hydrogen-bond donors (Lipinski definition) is 0. The van der Waals surface area contributed by atoms with Crippen LogP contribution in [-0.4, -0.2) is 13.9 Å². The summed E-state index contributed by atoms with van der Waals surface area (Å²) in [5.41, 5.74) is 0.789. The molecule has 12 heavy (non-hydrogen) atoms. The van der Waals surface area contributed by atoms with Gasteiger partial charge in [0.2, 0.25) is 0 Å². The number of aromatic nitrogens is 1. The van der Waals surface area contributed by atoms with E-state index >= 15 is 0 Å². The maximum Gasteiger partial charge on any atom is 0.135 e. The number of alkyl halides is 2. The van der Waals surface area contributed by atoms with Crippen LogP contribution in [0.3, 0.4) is 0 Å². The number of hydrogen-bond acceptors (Lipinski definition) is 2. The van der Waals surface area contributed by atoms with Crippen LogP contribution < -0.4 is 0 Å². The molecule has 1 aromatic rings. The van der Waals surface area contributed by atoms with Crippen LogP contribution in [0, 0.1) is 0 Å². The lowest BCUT2D eigenvalue weighted by Gasteiger charge is -2.01. The first-order chi connectivity index (χ1) is 5.72. The van der Waals surface area contributed by atoms with Gasteiger partial charge in [-0.15, -0.1) is 23.2 Å². The Labute approximate surface area is 82.4 Å². The Kier molecular flexibility index (Phi) is 2.10. The van der Waals surface area contributed by atoms with Crippen LogP contribution in [0.15, 0.2) is 23.4 Å². The second-order valence-electron chi connectivity index (χ2n) is 2.45. The maximum atomic E-state index is 11.4. The van der Waals surface area contributed by atoms with Crippen molar-refractivity contribution in [3.05, 3.63) is 23.9 Å². The van der Waals surface area contributed by atoms with Gasteiger partial charge in [0.05, 0.1) is 16.2 Å². The first kappa shape index (κ1) is 8.48. The Balaban J connectivity index is 2.59. The summed E-state index contributed by atoms with van der Waals surface area (Å²) in [6.07, 6.45) is 1.59. The smallest absolute Gasteiger partial charge is 0.135 e. The zero-order chi connectivity index (χ0) is 8.72. The largest absolute Gasteiger partial charge is 0.251 e. The lowest BCUT2D eigenvalue weighted by molar-refractivity contribution is 0.681. The van der Waals surface area contributed by atoms with Crippen LogP contribution in [0.5, 0.6) is 0 Å². The lowest BCUT2D eigenvalue weighted by atomic mass is 10.2. The van der Waals surface area contributed by atoms with Crippen molar-refractivity contribution in [2.24, 2.45) is 0 Å². The van der Waals surface area contributed by atoms with E-state index in [1.807, 2.05) is 0 Å². The fourth-order valence-corrected chi connectivity index (χ4v) is 3.22. The molecule has 1 unspecified atom stereocenters. The number of rotatable bonds is 0. The molecule has 0 spiro atoms. The molecule has 2 heterocycles. The Morgan fingerprint density at radius 3 is 2.92 bits per heavy atom. The molecular formula is C7H5Cl2NOS. The fraction of sp³-hybridized carbons (Fsp3) is 0.286. The SMILES string of the molecule is O=S1c2ncccc2[C@H](Cl)[C@@H]1Cl. The first-order valence-corrected chi connectivity index (χ1v) is 5.44. The quantitative estimate of drug-likeness (QED) is 0.629. The van der Waals surface area contributed by atoms with Crippen LogP contribution in [-0.2, 0) is 10.8 Å². The van der Waals surface area contributed by atoms with Crippen molar-refractivity contribution < 1.29 is 4.21 Å². The van der Waals surface area contributed by atoms with Gasteiger partial charge < -0.3 is 0 Å². The highest BCUT2D eigenvalue weighted by atomic mass is 35.5.